The van der Waals surface area contributed by atoms with Crippen LogP contribution in [0.5, 0.6) is 0 Å². The molecule has 3 aromatic rings. The zero-order valence-corrected chi connectivity index (χ0v) is 15.4. The molecule has 0 fully saturated rings. The number of rotatable bonds is 5. The third-order valence-corrected chi connectivity index (χ3v) is 4.11. The summed E-state index contributed by atoms with van der Waals surface area (Å²) in [6.07, 6.45) is 0. The van der Waals surface area contributed by atoms with Gasteiger partial charge in [0.2, 0.25) is 5.95 Å². The zero-order chi connectivity index (χ0) is 17.8. The second kappa shape index (κ2) is 7.53. The van der Waals surface area contributed by atoms with E-state index in [-0.39, 0.29) is 0 Å². The van der Waals surface area contributed by atoms with Crippen LogP contribution in [0, 0.1) is 20.8 Å². The Kier molecular flexibility index (Phi) is 5.19. The molecule has 0 aliphatic rings. The van der Waals surface area contributed by atoms with Crippen LogP contribution >= 0.6 is 11.6 Å². The van der Waals surface area contributed by atoms with Crippen LogP contribution in [-0.2, 0) is 6.54 Å². The maximum atomic E-state index is 6.02. The van der Waals surface area contributed by atoms with E-state index in [9.17, 15) is 0 Å². The normalized spacial score (nSPS) is 10.6. The highest BCUT2D eigenvalue weighted by Gasteiger charge is 2.05. The molecule has 0 atom stereocenters. The zero-order valence-electron chi connectivity index (χ0n) is 14.6. The number of hydrogen-bond acceptors (Lipinski definition) is 4. The molecule has 0 aliphatic heterocycles. The van der Waals surface area contributed by atoms with Crippen LogP contribution in [0.1, 0.15) is 22.4 Å². The van der Waals surface area contributed by atoms with Gasteiger partial charge in [-0.1, -0.05) is 41.4 Å². The Balaban J connectivity index is 1.74. The Hall–Kier alpha value is -2.59. The fourth-order valence-electron chi connectivity index (χ4n) is 2.50. The van der Waals surface area contributed by atoms with Gasteiger partial charge in [-0.15, -0.1) is 0 Å². The molecule has 1 aromatic heterocycles. The van der Waals surface area contributed by atoms with E-state index >= 15 is 0 Å². The van der Waals surface area contributed by atoms with Crippen LogP contribution in [0.3, 0.4) is 0 Å². The fourth-order valence-corrected chi connectivity index (χ4v) is 2.73. The maximum Gasteiger partial charge on any atom is 0.225 e. The lowest BCUT2D eigenvalue weighted by Crippen LogP contribution is -2.06. The van der Waals surface area contributed by atoms with Gasteiger partial charge in [-0.25, -0.2) is 4.98 Å². The first-order valence-electron chi connectivity index (χ1n) is 8.18. The van der Waals surface area contributed by atoms with E-state index in [0.717, 1.165) is 27.8 Å². The number of halogens is 1. The van der Waals surface area contributed by atoms with E-state index in [0.29, 0.717) is 12.5 Å². The molecule has 0 spiro atoms. The van der Waals surface area contributed by atoms with E-state index in [4.69, 9.17) is 11.6 Å². The summed E-state index contributed by atoms with van der Waals surface area (Å²) in [5.41, 5.74) is 5.39. The van der Waals surface area contributed by atoms with Gasteiger partial charge in [-0.2, -0.15) is 4.98 Å². The van der Waals surface area contributed by atoms with Crippen molar-refractivity contribution < 1.29 is 0 Å². The Morgan fingerprint density at radius 2 is 1.68 bits per heavy atom. The lowest BCUT2D eigenvalue weighted by molar-refractivity contribution is 1.03. The van der Waals surface area contributed by atoms with Crippen molar-refractivity contribution in [2.24, 2.45) is 0 Å². The van der Waals surface area contributed by atoms with Crippen LogP contribution in [0.15, 0.2) is 48.5 Å². The first kappa shape index (κ1) is 17.2. The summed E-state index contributed by atoms with van der Waals surface area (Å²) in [4.78, 5) is 9.02. The quantitative estimate of drug-likeness (QED) is 0.644. The molecule has 128 valence electrons. The van der Waals surface area contributed by atoms with Gasteiger partial charge in [-0.05, 0) is 50.1 Å². The molecule has 2 aromatic carbocycles. The standard InChI is InChI=1S/C20H21ClN4/c1-13-4-6-16(7-5-13)12-22-20-23-15(3)11-19(25-20)24-18-9-8-17(21)10-14(18)2/h4-11H,12H2,1-3H3,(H2,22,23,24,25). The summed E-state index contributed by atoms with van der Waals surface area (Å²) in [6, 6.07) is 16.1. The summed E-state index contributed by atoms with van der Waals surface area (Å²) < 4.78 is 0. The van der Waals surface area contributed by atoms with Gasteiger partial charge in [0.15, 0.2) is 0 Å². The Labute approximate surface area is 153 Å². The lowest BCUT2D eigenvalue weighted by atomic mass is 10.1. The highest BCUT2D eigenvalue weighted by Crippen LogP contribution is 2.23. The third-order valence-electron chi connectivity index (χ3n) is 3.88. The van der Waals surface area contributed by atoms with Crippen molar-refractivity contribution in [2.75, 3.05) is 10.6 Å². The van der Waals surface area contributed by atoms with Gasteiger partial charge in [0.1, 0.15) is 5.82 Å². The van der Waals surface area contributed by atoms with Gasteiger partial charge >= 0.3 is 0 Å². The number of aryl methyl sites for hydroxylation is 3. The Bertz CT molecular complexity index is 875. The van der Waals surface area contributed by atoms with E-state index in [1.807, 2.05) is 38.1 Å². The third kappa shape index (κ3) is 4.70. The second-order valence-corrected chi connectivity index (χ2v) is 6.58. The average Bonchev–Trinajstić information content (AvgIpc) is 2.56. The van der Waals surface area contributed by atoms with Crippen molar-refractivity contribution in [1.82, 2.24) is 9.97 Å². The van der Waals surface area contributed by atoms with Crippen molar-refractivity contribution in [3.05, 3.63) is 75.9 Å². The summed E-state index contributed by atoms with van der Waals surface area (Å²) >= 11 is 6.02. The summed E-state index contributed by atoms with van der Waals surface area (Å²) in [5, 5.41) is 7.35. The monoisotopic (exact) mass is 352 g/mol. The molecule has 0 aliphatic carbocycles. The molecule has 25 heavy (non-hydrogen) atoms. The first-order valence-corrected chi connectivity index (χ1v) is 8.56. The van der Waals surface area contributed by atoms with Gasteiger partial charge in [0, 0.05) is 29.0 Å². The highest BCUT2D eigenvalue weighted by atomic mass is 35.5. The predicted molar refractivity (Wildman–Crippen MR) is 105 cm³/mol. The molecule has 1 heterocycles. The maximum absolute atomic E-state index is 6.02. The predicted octanol–water partition coefficient (Wildman–Crippen LogP) is 5.41. The molecule has 4 nitrogen and oxygen atoms in total. The van der Waals surface area contributed by atoms with Crippen molar-refractivity contribution in [2.45, 2.75) is 27.3 Å². The Morgan fingerprint density at radius 3 is 2.40 bits per heavy atom. The SMILES string of the molecule is Cc1ccc(CNc2nc(C)cc(Nc3ccc(Cl)cc3C)n2)cc1. The molecule has 0 saturated heterocycles. The summed E-state index contributed by atoms with van der Waals surface area (Å²) in [5.74, 6) is 1.36. The molecule has 0 unspecified atom stereocenters. The van der Waals surface area contributed by atoms with Crippen LogP contribution in [0.2, 0.25) is 5.02 Å². The number of nitrogens with one attached hydrogen (secondary N) is 2. The topological polar surface area (TPSA) is 49.8 Å². The number of hydrogen-bond donors (Lipinski definition) is 2. The molecule has 2 N–H and O–H groups in total. The van der Waals surface area contributed by atoms with Crippen molar-refractivity contribution in [1.29, 1.82) is 0 Å². The van der Waals surface area contributed by atoms with E-state index in [1.54, 1.807) is 0 Å². The van der Waals surface area contributed by atoms with Crippen molar-refractivity contribution in [3.63, 3.8) is 0 Å². The minimum atomic E-state index is 0.606. The first-order chi connectivity index (χ1) is 12.0. The van der Waals surface area contributed by atoms with Gasteiger partial charge in [0.05, 0.1) is 0 Å². The van der Waals surface area contributed by atoms with Crippen molar-refractivity contribution in [3.8, 4) is 0 Å². The van der Waals surface area contributed by atoms with E-state index in [1.165, 1.54) is 11.1 Å². The van der Waals surface area contributed by atoms with Crippen LogP contribution in [0.4, 0.5) is 17.5 Å². The molecule has 0 amide bonds. The molecule has 3 rings (SSSR count). The minimum absolute atomic E-state index is 0.606. The summed E-state index contributed by atoms with van der Waals surface area (Å²) in [7, 11) is 0. The molecule has 0 bridgehead atoms. The molecular formula is C20H21ClN4. The largest absolute Gasteiger partial charge is 0.350 e. The molecule has 0 radical (unpaired) electrons. The lowest BCUT2D eigenvalue weighted by Gasteiger charge is -2.12. The van der Waals surface area contributed by atoms with Crippen LogP contribution < -0.4 is 10.6 Å². The molecule has 5 heteroatoms. The fraction of sp³-hybridized carbons (Fsp3) is 0.200. The van der Waals surface area contributed by atoms with Crippen LogP contribution in [-0.4, -0.2) is 9.97 Å². The minimum Gasteiger partial charge on any atom is -0.350 e. The second-order valence-electron chi connectivity index (χ2n) is 6.14. The number of benzene rings is 2. The highest BCUT2D eigenvalue weighted by molar-refractivity contribution is 6.30. The average molecular weight is 353 g/mol. The van der Waals surface area contributed by atoms with Gasteiger partial charge < -0.3 is 10.6 Å². The number of anilines is 3. The van der Waals surface area contributed by atoms with Crippen molar-refractivity contribution >= 4 is 29.1 Å². The molecular weight excluding hydrogens is 332 g/mol. The van der Waals surface area contributed by atoms with Gasteiger partial charge in [-0.3, -0.25) is 0 Å². The van der Waals surface area contributed by atoms with Crippen LogP contribution in [0.25, 0.3) is 0 Å². The van der Waals surface area contributed by atoms with E-state index < -0.39 is 0 Å². The smallest absolute Gasteiger partial charge is 0.225 e. The molecule has 0 saturated carbocycles. The number of nitrogens with zero attached hydrogens (tertiary/aromatic N) is 2. The Morgan fingerprint density at radius 1 is 0.920 bits per heavy atom. The number of aromatic nitrogens is 2. The van der Waals surface area contributed by atoms with E-state index in [2.05, 4.69) is 51.8 Å². The van der Waals surface area contributed by atoms with Gasteiger partial charge in [0.25, 0.3) is 0 Å². The summed E-state index contributed by atoms with van der Waals surface area (Å²) in [6.45, 7) is 6.73.